The summed E-state index contributed by atoms with van der Waals surface area (Å²) in [5.74, 6) is 1.08. The zero-order valence-corrected chi connectivity index (χ0v) is 15.3. The fourth-order valence-corrected chi connectivity index (χ4v) is 2.45. The van der Waals surface area contributed by atoms with E-state index in [1.807, 2.05) is 18.9 Å². The molecule has 0 fully saturated rings. The Kier molecular flexibility index (Phi) is 5.83. The number of benzene rings is 1. The van der Waals surface area contributed by atoms with Crippen molar-refractivity contribution in [1.82, 2.24) is 15.0 Å². The molecule has 146 valence electrons. The molecule has 7 nitrogen and oxygen atoms in total. The first-order valence-corrected chi connectivity index (χ1v) is 8.55. The third kappa shape index (κ3) is 4.61. The van der Waals surface area contributed by atoms with Crippen LogP contribution in [-0.4, -0.2) is 35.2 Å². The molecule has 0 amide bonds. The molecule has 0 spiro atoms. The normalized spacial score (nSPS) is 10.8. The van der Waals surface area contributed by atoms with Gasteiger partial charge in [-0.3, -0.25) is 4.79 Å². The quantitative estimate of drug-likeness (QED) is 0.644. The fraction of sp³-hybridized carbons (Fsp3) is 0.211. The van der Waals surface area contributed by atoms with Crippen molar-refractivity contribution in [3.63, 3.8) is 0 Å². The fourth-order valence-electron chi connectivity index (χ4n) is 2.45. The monoisotopic (exact) mass is 387 g/mol. The van der Waals surface area contributed by atoms with Crippen LogP contribution in [0.1, 0.15) is 6.92 Å². The summed E-state index contributed by atoms with van der Waals surface area (Å²) in [4.78, 5) is 25.3. The number of anilines is 3. The van der Waals surface area contributed by atoms with Gasteiger partial charge in [0.1, 0.15) is 17.3 Å². The van der Waals surface area contributed by atoms with E-state index in [9.17, 15) is 13.6 Å². The zero-order valence-electron chi connectivity index (χ0n) is 15.3. The number of alkyl halides is 2. The van der Waals surface area contributed by atoms with Crippen LogP contribution < -0.4 is 20.5 Å². The molecule has 2 heterocycles. The summed E-state index contributed by atoms with van der Waals surface area (Å²) in [6.45, 7) is -0.153. The molecule has 1 aromatic carbocycles. The van der Waals surface area contributed by atoms with Gasteiger partial charge in [0.05, 0.1) is 0 Å². The molecule has 0 aliphatic rings. The maximum absolute atomic E-state index is 12.3. The second-order valence-electron chi connectivity index (χ2n) is 5.92. The van der Waals surface area contributed by atoms with Crippen LogP contribution >= 0.6 is 0 Å². The number of nitrogens with zero attached hydrogens (tertiary/aromatic N) is 3. The van der Waals surface area contributed by atoms with Crippen molar-refractivity contribution in [2.24, 2.45) is 0 Å². The van der Waals surface area contributed by atoms with Gasteiger partial charge in [-0.25, -0.2) is 4.98 Å². The minimum atomic E-state index is -2.88. The topological polar surface area (TPSA) is 83.1 Å². The molecule has 0 aliphatic carbocycles. The van der Waals surface area contributed by atoms with Crippen molar-refractivity contribution < 1.29 is 13.5 Å². The predicted molar refractivity (Wildman–Crippen MR) is 103 cm³/mol. The average Bonchev–Trinajstić information content (AvgIpc) is 2.69. The molecule has 3 rings (SSSR count). The van der Waals surface area contributed by atoms with Gasteiger partial charge < -0.3 is 19.9 Å². The van der Waals surface area contributed by atoms with Gasteiger partial charge in [-0.15, -0.1) is 0 Å². The van der Waals surface area contributed by atoms with E-state index in [1.54, 1.807) is 36.7 Å². The molecule has 3 aromatic rings. The Bertz CT molecular complexity index is 992. The van der Waals surface area contributed by atoms with Gasteiger partial charge in [0, 0.05) is 31.5 Å². The Morgan fingerprint density at radius 2 is 1.96 bits per heavy atom. The summed E-state index contributed by atoms with van der Waals surface area (Å²) < 4.78 is 28.9. The highest BCUT2D eigenvalue weighted by molar-refractivity contribution is 5.69. The van der Waals surface area contributed by atoms with Crippen LogP contribution in [0.15, 0.2) is 53.6 Å². The first-order valence-electron chi connectivity index (χ1n) is 8.55. The van der Waals surface area contributed by atoms with Crippen molar-refractivity contribution in [2.45, 2.75) is 13.5 Å². The van der Waals surface area contributed by atoms with Gasteiger partial charge in [0.25, 0.3) is 5.56 Å². The largest absolute Gasteiger partial charge is 0.435 e. The Labute approximate surface area is 160 Å². The minimum Gasteiger partial charge on any atom is -0.435 e. The number of aromatic amines is 1. The van der Waals surface area contributed by atoms with Gasteiger partial charge in [-0.05, 0) is 36.8 Å². The number of hydrogen-bond donors (Lipinski definition) is 2. The molecule has 0 atom stereocenters. The lowest BCUT2D eigenvalue weighted by atomic mass is 10.1. The maximum atomic E-state index is 12.3. The minimum absolute atomic E-state index is 0.0649. The molecular formula is C19H19F2N5O2. The van der Waals surface area contributed by atoms with Gasteiger partial charge in [-0.1, -0.05) is 12.1 Å². The van der Waals surface area contributed by atoms with Crippen LogP contribution in [-0.2, 0) is 0 Å². The van der Waals surface area contributed by atoms with Crippen LogP contribution in [0, 0.1) is 0 Å². The highest BCUT2D eigenvalue weighted by Crippen LogP contribution is 2.24. The zero-order chi connectivity index (χ0) is 20.1. The first-order chi connectivity index (χ1) is 13.5. The third-order valence-electron chi connectivity index (χ3n) is 4.04. The Morgan fingerprint density at radius 1 is 1.21 bits per heavy atom. The molecule has 0 aliphatic heterocycles. The van der Waals surface area contributed by atoms with Crippen LogP contribution in [0.4, 0.5) is 26.2 Å². The van der Waals surface area contributed by atoms with E-state index in [0.29, 0.717) is 23.0 Å². The second kappa shape index (κ2) is 8.47. The maximum Gasteiger partial charge on any atom is 0.387 e. The van der Waals surface area contributed by atoms with Crippen molar-refractivity contribution in [2.75, 3.05) is 23.8 Å². The van der Waals surface area contributed by atoms with E-state index in [2.05, 4.69) is 25.0 Å². The standard InChI is InChI=1S/C19H19F2N5O2/c1-3-26(2)19-22-9-8-16(25-19)24-15-10-13(11-23-17(15)27)12-4-6-14(7-5-12)28-18(20)21/h4-11,18H,3H2,1-2H3,(H,23,27)(H,22,24,25). The number of halogens is 2. The van der Waals surface area contributed by atoms with Crippen molar-refractivity contribution >= 4 is 17.5 Å². The van der Waals surface area contributed by atoms with Crippen molar-refractivity contribution in [3.8, 4) is 16.9 Å². The molecule has 9 heteroatoms. The number of aromatic nitrogens is 3. The number of ether oxygens (including phenoxy) is 1. The van der Waals surface area contributed by atoms with E-state index in [1.165, 1.54) is 12.1 Å². The van der Waals surface area contributed by atoms with E-state index >= 15 is 0 Å². The number of nitrogens with one attached hydrogen (secondary N) is 2. The number of rotatable bonds is 7. The van der Waals surface area contributed by atoms with Gasteiger partial charge in [-0.2, -0.15) is 13.8 Å². The predicted octanol–water partition coefficient (Wildman–Crippen LogP) is 3.63. The molecule has 0 bridgehead atoms. The lowest BCUT2D eigenvalue weighted by Gasteiger charge is -2.15. The van der Waals surface area contributed by atoms with Gasteiger partial charge in [0.2, 0.25) is 5.95 Å². The van der Waals surface area contributed by atoms with E-state index in [0.717, 1.165) is 12.1 Å². The Hall–Kier alpha value is -3.49. The summed E-state index contributed by atoms with van der Waals surface area (Å²) in [5.41, 5.74) is 1.42. The van der Waals surface area contributed by atoms with E-state index in [-0.39, 0.29) is 11.3 Å². The average molecular weight is 387 g/mol. The molecule has 0 unspecified atom stereocenters. The van der Waals surface area contributed by atoms with E-state index < -0.39 is 6.61 Å². The summed E-state index contributed by atoms with van der Waals surface area (Å²) in [5, 5.41) is 2.99. The highest BCUT2D eigenvalue weighted by Gasteiger charge is 2.09. The van der Waals surface area contributed by atoms with Crippen LogP contribution in [0.3, 0.4) is 0 Å². The van der Waals surface area contributed by atoms with Crippen LogP contribution in [0.25, 0.3) is 11.1 Å². The lowest BCUT2D eigenvalue weighted by Crippen LogP contribution is -2.19. The molecule has 0 radical (unpaired) electrons. The molecule has 2 N–H and O–H groups in total. The number of H-pyrrole nitrogens is 1. The lowest BCUT2D eigenvalue weighted by molar-refractivity contribution is -0.0498. The first kappa shape index (κ1) is 19.3. The summed E-state index contributed by atoms with van der Waals surface area (Å²) in [7, 11) is 1.87. The van der Waals surface area contributed by atoms with Gasteiger partial charge >= 0.3 is 6.61 Å². The summed E-state index contributed by atoms with van der Waals surface area (Å²) >= 11 is 0. The van der Waals surface area contributed by atoms with E-state index in [4.69, 9.17) is 0 Å². The smallest absolute Gasteiger partial charge is 0.387 e. The number of pyridine rings is 1. The second-order valence-corrected chi connectivity index (χ2v) is 5.92. The van der Waals surface area contributed by atoms with Crippen molar-refractivity contribution in [3.05, 3.63) is 59.1 Å². The molecular weight excluding hydrogens is 368 g/mol. The van der Waals surface area contributed by atoms with Crippen molar-refractivity contribution in [1.29, 1.82) is 0 Å². The molecule has 0 saturated heterocycles. The highest BCUT2D eigenvalue weighted by atomic mass is 19.3. The van der Waals surface area contributed by atoms with Crippen LogP contribution in [0.2, 0.25) is 0 Å². The van der Waals surface area contributed by atoms with Crippen LogP contribution in [0.5, 0.6) is 5.75 Å². The summed E-state index contributed by atoms with van der Waals surface area (Å²) in [6, 6.07) is 9.47. The molecule has 2 aromatic heterocycles. The molecule has 0 saturated carbocycles. The summed E-state index contributed by atoms with van der Waals surface area (Å²) in [6.07, 6.45) is 3.16. The Balaban J connectivity index is 1.85. The SMILES string of the molecule is CCN(C)c1nccc(Nc2cc(-c3ccc(OC(F)F)cc3)c[nH]c2=O)n1. The Morgan fingerprint density at radius 3 is 2.64 bits per heavy atom. The third-order valence-corrected chi connectivity index (χ3v) is 4.04. The number of hydrogen-bond acceptors (Lipinski definition) is 6. The molecule has 28 heavy (non-hydrogen) atoms. The van der Waals surface area contributed by atoms with Gasteiger partial charge in [0.15, 0.2) is 0 Å².